The van der Waals surface area contributed by atoms with Crippen molar-refractivity contribution in [2.24, 2.45) is 0 Å². The van der Waals surface area contributed by atoms with Crippen LogP contribution in [-0.4, -0.2) is 30.5 Å². The van der Waals surface area contributed by atoms with Crippen LogP contribution < -0.4 is 0 Å². The van der Waals surface area contributed by atoms with Gasteiger partial charge >= 0.3 is 0 Å². The lowest BCUT2D eigenvalue weighted by Gasteiger charge is -2.33. The molecule has 2 aromatic rings. The van der Waals surface area contributed by atoms with E-state index < -0.39 is 0 Å². The number of carbonyl (C=O) groups is 1. The average Bonchev–Trinajstić information content (AvgIpc) is 2.93. The number of hydrogen-bond acceptors (Lipinski definition) is 3. The lowest BCUT2D eigenvalue weighted by Crippen LogP contribution is -2.42. The topological polar surface area (TPSA) is 42.7 Å². The molecular weight excluding hydrogens is 341 g/mol. The van der Waals surface area contributed by atoms with Crippen molar-refractivity contribution in [1.82, 2.24) is 4.90 Å². The smallest absolute Gasteiger partial charge is 0.258 e. The highest BCUT2D eigenvalue weighted by molar-refractivity contribution is 9.10. The maximum Gasteiger partial charge on any atom is 0.258 e. The molecule has 0 saturated carbocycles. The molecular formula is C15H13BrFNO3. The molecule has 0 N–H and O–H groups in total. The van der Waals surface area contributed by atoms with Gasteiger partial charge in [-0.05, 0) is 39.7 Å². The first-order chi connectivity index (χ1) is 10.1. The van der Waals surface area contributed by atoms with Crippen LogP contribution in [0.15, 0.2) is 45.7 Å². The van der Waals surface area contributed by atoms with Crippen molar-refractivity contribution in [1.29, 1.82) is 0 Å². The third-order valence-electron chi connectivity index (χ3n) is 3.44. The Kier molecular flexibility index (Phi) is 4.07. The minimum atomic E-state index is -0.287. The molecule has 1 atom stereocenters. The summed E-state index contributed by atoms with van der Waals surface area (Å²) < 4.78 is 24.2. The Labute approximate surface area is 129 Å². The molecule has 1 aliphatic heterocycles. The van der Waals surface area contributed by atoms with Crippen molar-refractivity contribution < 1.29 is 18.3 Å². The van der Waals surface area contributed by atoms with Gasteiger partial charge in [-0.25, -0.2) is 4.39 Å². The van der Waals surface area contributed by atoms with Crippen molar-refractivity contribution in [2.75, 3.05) is 19.7 Å². The minimum absolute atomic E-state index is 0.106. The molecule has 21 heavy (non-hydrogen) atoms. The summed E-state index contributed by atoms with van der Waals surface area (Å²) in [5.74, 6) is -0.393. The highest BCUT2D eigenvalue weighted by Crippen LogP contribution is 2.25. The number of morpholine rings is 1. The molecule has 2 heterocycles. The van der Waals surface area contributed by atoms with E-state index in [0.717, 1.165) is 5.56 Å². The molecule has 4 nitrogen and oxygen atoms in total. The highest BCUT2D eigenvalue weighted by atomic mass is 79.9. The summed E-state index contributed by atoms with van der Waals surface area (Å²) in [6.07, 6.45) is 1.23. The van der Waals surface area contributed by atoms with E-state index >= 15 is 0 Å². The zero-order chi connectivity index (χ0) is 14.8. The summed E-state index contributed by atoms with van der Waals surface area (Å²) >= 11 is 3.21. The van der Waals surface area contributed by atoms with Crippen molar-refractivity contribution in [2.45, 2.75) is 6.10 Å². The van der Waals surface area contributed by atoms with Gasteiger partial charge in [-0.1, -0.05) is 12.1 Å². The van der Waals surface area contributed by atoms with Gasteiger partial charge in [0, 0.05) is 6.54 Å². The lowest BCUT2D eigenvalue weighted by molar-refractivity contribution is -0.0229. The van der Waals surface area contributed by atoms with Gasteiger partial charge in [0.1, 0.15) is 11.9 Å². The van der Waals surface area contributed by atoms with Crippen molar-refractivity contribution in [3.63, 3.8) is 0 Å². The minimum Gasteiger partial charge on any atom is -0.457 e. The van der Waals surface area contributed by atoms with E-state index in [0.29, 0.717) is 29.9 Å². The summed E-state index contributed by atoms with van der Waals surface area (Å²) in [6.45, 7) is 1.40. The predicted octanol–water partition coefficient (Wildman–Crippen LogP) is 3.39. The van der Waals surface area contributed by atoms with Crippen LogP contribution in [0.3, 0.4) is 0 Å². The molecule has 1 fully saturated rings. The summed E-state index contributed by atoms with van der Waals surface area (Å²) in [5.41, 5.74) is 1.36. The standard InChI is InChI=1S/C15H13BrFNO3/c16-14-12(5-7-21-14)15(19)18-6-8-20-13(9-18)10-1-3-11(17)4-2-10/h1-5,7,13H,6,8-9H2. The molecule has 3 rings (SSSR count). The molecule has 6 heteroatoms. The number of ether oxygens (including phenoxy) is 1. The van der Waals surface area contributed by atoms with E-state index in [-0.39, 0.29) is 17.8 Å². The van der Waals surface area contributed by atoms with Crippen LogP contribution >= 0.6 is 15.9 Å². The van der Waals surface area contributed by atoms with Crippen LogP contribution in [0.4, 0.5) is 4.39 Å². The molecule has 110 valence electrons. The molecule has 1 saturated heterocycles. The Morgan fingerprint density at radius 3 is 2.71 bits per heavy atom. The fraction of sp³-hybridized carbons (Fsp3) is 0.267. The second-order valence-electron chi connectivity index (χ2n) is 4.77. The van der Waals surface area contributed by atoms with Crippen LogP contribution in [0.25, 0.3) is 0 Å². The Balaban J connectivity index is 1.75. The summed E-state index contributed by atoms with van der Waals surface area (Å²) in [6, 6.07) is 7.79. The highest BCUT2D eigenvalue weighted by Gasteiger charge is 2.27. The number of benzene rings is 1. The molecule has 0 aliphatic carbocycles. The molecule has 0 bridgehead atoms. The molecule has 1 amide bonds. The Morgan fingerprint density at radius 2 is 2.05 bits per heavy atom. The molecule has 1 aliphatic rings. The maximum atomic E-state index is 13.0. The largest absolute Gasteiger partial charge is 0.457 e. The quantitative estimate of drug-likeness (QED) is 0.830. The number of carbonyl (C=O) groups excluding carboxylic acids is 1. The number of nitrogens with zero attached hydrogens (tertiary/aromatic N) is 1. The number of hydrogen-bond donors (Lipinski definition) is 0. The Morgan fingerprint density at radius 1 is 1.29 bits per heavy atom. The first-order valence-electron chi connectivity index (χ1n) is 6.54. The third-order valence-corrected chi connectivity index (χ3v) is 4.06. The van der Waals surface area contributed by atoms with E-state index in [2.05, 4.69) is 15.9 Å². The average molecular weight is 354 g/mol. The molecule has 0 spiro atoms. The number of furan rings is 1. The normalized spacial score (nSPS) is 18.8. The van der Waals surface area contributed by atoms with Gasteiger partial charge in [0.25, 0.3) is 5.91 Å². The van der Waals surface area contributed by atoms with Crippen LogP contribution in [0.5, 0.6) is 0 Å². The monoisotopic (exact) mass is 353 g/mol. The van der Waals surface area contributed by atoms with E-state index in [9.17, 15) is 9.18 Å². The number of rotatable bonds is 2. The number of amides is 1. The Hall–Kier alpha value is -1.66. The van der Waals surface area contributed by atoms with Crippen molar-refractivity contribution in [3.05, 3.63) is 58.2 Å². The van der Waals surface area contributed by atoms with Gasteiger partial charge in [0.15, 0.2) is 4.67 Å². The van der Waals surface area contributed by atoms with Crippen molar-refractivity contribution in [3.8, 4) is 0 Å². The second kappa shape index (κ2) is 5.99. The zero-order valence-corrected chi connectivity index (χ0v) is 12.7. The van der Waals surface area contributed by atoms with Gasteiger partial charge in [-0.3, -0.25) is 4.79 Å². The molecule has 1 aromatic heterocycles. The molecule has 1 unspecified atom stereocenters. The zero-order valence-electron chi connectivity index (χ0n) is 11.1. The lowest BCUT2D eigenvalue weighted by atomic mass is 10.1. The van der Waals surface area contributed by atoms with E-state index in [1.54, 1.807) is 23.1 Å². The van der Waals surface area contributed by atoms with Crippen LogP contribution in [0.1, 0.15) is 22.0 Å². The second-order valence-corrected chi connectivity index (χ2v) is 5.49. The van der Waals surface area contributed by atoms with Gasteiger partial charge in [-0.15, -0.1) is 0 Å². The summed E-state index contributed by atoms with van der Waals surface area (Å²) in [7, 11) is 0. The summed E-state index contributed by atoms with van der Waals surface area (Å²) in [5, 5.41) is 0. The fourth-order valence-electron chi connectivity index (χ4n) is 2.33. The van der Waals surface area contributed by atoms with E-state index in [1.165, 1.54) is 18.4 Å². The first-order valence-corrected chi connectivity index (χ1v) is 7.34. The van der Waals surface area contributed by atoms with Crippen LogP contribution in [-0.2, 0) is 4.74 Å². The van der Waals surface area contributed by atoms with Crippen LogP contribution in [0.2, 0.25) is 0 Å². The first kappa shape index (κ1) is 14.3. The summed E-state index contributed by atoms with van der Waals surface area (Å²) in [4.78, 5) is 14.1. The van der Waals surface area contributed by atoms with E-state index in [1.807, 2.05) is 0 Å². The molecule has 1 aromatic carbocycles. The maximum absolute atomic E-state index is 13.0. The van der Waals surface area contributed by atoms with Gasteiger partial charge in [0.2, 0.25) is 0 Å². The van der Waals surface area contributed by atoms with Gasteiger partial charge in [-0.2, -0.15) is 0 Å². The fourth-order valence-corrected chi connectivity index (χ4v) is 2.74. The van der Waals surface area contributed by atoms with Gasteiger partial charge < -0.3 is 14.1 Å². The predicted molar refractivity (Wildman–Crippen MR) is 77.4 cm³/mol. The SMILES string of the molecule is O=C(c1ccoc1Br)N1CCOC(c2ccc(F)cc2)C1. The van der Waals surface area contributed by atoms with Crippen molar-refractivity contribution >= 4 is 21.8 Å². The molecule has 0 radical (unpaired) electrons. The van der Waals surface area contributed by atoms with Gasteiger partial charge in [0.05, 0.1) is 25.0 Å². The van der Waals surface area contributed by atoms with Crippen LogP contribution in [0, 0.1) is 5.82 Å². The number of halogens is 2. The third kappa shape index (κ3) is 3.01. The Bertz CT molecular complexity index is 641. The van der Waals surface area contributed by atoms with E-state index in [4.69, 9.17) is 9.15 Å².